The van der Waals surface area contributed by atoms with Crippen molar-refractivity contribution in [3.8, 4) is 68.6 Å². The van der Waals surface area contributed by atoms with Gasteiger partial charge in [0.05, 0.1) is 79.4 Å². The molecule has 24 N–H and O–H groups in total. The van der Waals surface area contributed by atoms with E-state index in [4.69, 9.17) is 88.8 Å². The Morgan fingerprint density at radius 1 is 0.724 bits per heavy atom. The molecule has 0 saturated carbocycles. The van der Waals surface area contributed by atoms with Crippen LogP contribution in [0.5, 0.6) is 57.5 Å². The van der Waals surface area contributed by atoms with E-state index in [1.165, 1.54) is 94.7 Å². The summed E-state index contributed by atoms with van der Waals surface area (Å²) in [5.74, 6) is -16.5. The lowest BCUT2D eigenvalue weighted by atomic mass is 9.85. The van der Waals surface area contributed by atoms with Gasteiger partial charge >= 0.3 is 0 Å². The molecular weight excluding hydrogens is 1700 g/mol. The Morgan fingerprint density at radius 2 is 1.37 bits per heavy atom. The van der Waals surface area contributed by atoms with Crippen molar-refractivity contribution in [2.75, 3.05) is 59.1 Å². The number of nitrogens with two attached hydrogens (primary N) is 4. The molecule has 6 aromatic carbocycles. The van der Waals surface area contributed by atoms with Gasteiger partial charge in [-0.2, -0.15) is 0 Å². The third-order valence-electron chi connectivity index (χ3n) is 20.8. The van der Waals surface area contributed by atoms with Crippen LogP contribution in [0.15, 0.2) is 91.0 Å². The van der Waals surface area contributed by atoms with Crippen molar-refractivity contribution >= 4 is 107 Å². The summed E-state index contributed by atoms with van der Waals surface area (Å²) in [6.45, 7) is 6.48. The van der Waals surface area contributed by atoms with Crippen molar-refractivity contribution < 1.29 is 137 Å². The van der Waals surface area contributed by atoms with E-state index < -0.39 is 229 Å². The standard InChI is InChI=1S/C67H77Cl2N7O22.C14H21N3O6.2ClH/c1-26(2)12-39(72-5)64(91)75-53-42(81)17-32(20-49(70)83)62(89)74-52-31-18-46(94-44-10-7-29(55(53)84)15-37(44)68)59(98-66-60(58(87)57(86)48(25-77)96-66)97-50-23-67(4,71)61(88)27(3)93-50)47(19-31)95-45-11-8-30(16-38(45)69)56(85)54-65(92)73-24-33-13-34(78)21-41(80)51(33)36-14-28(6-9-40(36)79)35(22-43(52)82)63(90)76-54;1-21-10-3-2-9(13(19)12(10)14(16)20)17-11(18)8-23-7-6-22-5-4-15;;/h6-11,13-16,18-19,21,26-27,32,35,39,48,50,52-58,60-61,66,72,77-80,84-88H,12,17,20,22-25,71H2,1-5H3,(H2,70,83)(H,73,92)(H,74,89)(H,75,91)(H,76,90);2-3,19H,4-8,15H2,1H3,(H2,16,20)(H,17,18);2*1H/t27-,32+,35-,39-,48+,50-,52-,53+,54+,55-,56-,57-,58+,60+,61-,66?,67+;;;/m1.../s1. The quantitative estimate of drug-likeness (QED) is 0.0343. The molecule has 11 bridgehead atoms. The largest absolute Gasteiger partial charge is 0.508 e. The highest BCUT2D eigenvalue weighted by molar-refractivity contribution is 6.32. The van der Waals surface area contributed by atoms with Crippen LogP contribution in [0.25, 0.3) is 11.1 Å². The van der Waals surface area contributed by atoms with Crippen molar-refractivity contribution in [3.05, 3.63) is 134 Å². The molecule has 7 aliphatic heterocycles. The molecule has 2 saturated heterocycles. The molecule has 0 spiro atoms. The molecule has 7 heterocycles. The third-order valence-corrected chi connectivity index (χ3v) is 21.4. The Labute approximate surface area is 726 Å². The fraction of sp³-hybridized carbons (Fsp3) is 0.444. The number of ether oxygens (including phenoxy) is 9. The average molecular weight is 1800 g/mol. The Bertz CT molecular complexity index is 4860. The molecule has 38 nitrogen and oxygen atoms in total. The fourth-order valence-corrected chi connectivity index (χ4v) is 15.0. The van der Waals surface area contributed by atoms with Crippen LogP contribution >= 0.6 is 48.0 Å². The number of hydrogen-bond acceptors (Lipinski definition) is 31. The second-order valence-corrected chi connectivity index (χ2v) is 31.0. The van der Waals surface area contributed by atoms with Gasteiger partial charge in [0.2, 0.25) is 47.5 Å². The minimum Gasteiger partial charge on any atom is -0.508 e. The molecule has 0 aromatic heterocycles. The van der Waals surface area contributed by atoms with Crippen LogP contribution in [0.3, 0.4) is 0 Å². The summed E-state index contributed by atoms with van der Waals surface area (Å²) >= 11 is 14.2. The summed E-state index contributed by atoms with van der Waals surface area (Å²) in [5, 5.41) is 128. The van der Waals surface area contributed by atoms with Gasteiger partial charge < -0.3 is 149 Å². The molecule has 670 valence electrons. The van der Waals surface area contributed by atoms with Gasteiger partial charge in [-0.25, -0.2) is 0 Å². The van der Waals surface area contributed by atoms with Gasteiger partial charge in [0.25, 0.3) is 5.91 Å². The molecule has 42 heteroatoms. The zero-order valence-electron chi connectivity index (χ0n) is 67.2. The lowest BCUT2D eigenvalue weighted by Crippen LogP contribution is -2.64. The number of ketones is 2. The monoisotopic (exact) mass is 1800 g/mol. The van der Waals surface area contributed by atoms with Crippen LogP contribution in [0, 0.1) is 11.8 Å². The Morgan fingerprint density at radius 3 is 1.96 bits per heavy atom. The molecule has 2 fully saturated rings. The summed E-state index contributed by atoms with van der Waals surface area (Å²) in [4.78, 5) is 127. The van der Waals surface area contributed by atoms with Gasteiger partial charge in [-0.05, 0) is 128 Å². The zero-order valence-corrected chi connectivity index (χ0v) is 70.3. The number of carbonyl (C=O) groups is 9. The summed E-state index contributed by atoms with van der Waals surface area (Å²) in [6, 6.07) is 11.4. The van der Waals surface area contributed by atoms with Gasteiger partial charge in [0, 0.05) is 61.5 Å². The number of fused-ring (bicyclic) bond motifs is 15. The number of aliphatic hydroxyl groups excluding tert-OH is 6. The first-order chi connectivity index (χ1) is 57.3. The van der Waals surface area contributed by atoms with Crippen molar-refractivity contribution in [1.82, 2.24) is 26.6 Å². The van der Waals surface area contributed by atoms with Crippen molar-refractivity contribution in [3.63, 3.8) is 0 Å². The molecule has 123 heavy (non-hydrogen) atoms. The molecule has 13 rings (SSSR count). The van der Waals surface area contributed by atoms with Crippen LogP contribution in [0.1, 0.15) is 122 Å². The number of Topliss-reactive ketones (excluding diaryl/α,β-unsaturated/α-hetero) is 2. The number of amides is 7. The number of rotatable bonds is 22. The van der Waals surface area contributed by atoms with E-state index in [-0.39, 0.29) is 134 Å². The average Bonchev–Trinajstić information content (AvgIpc) is 0.767. The number of halogens is 4. The maximum Gasteiger partial charge on any atom is 0.256 e. The van der Waals surface area contributed by atoms with Gasteiger partial charge in [0.1, 0.15) is 95.3 Å². The number of phenolic OH excluding ortho intramolecular Hbond substituents is 3. The predicted molar refractivity (Wildman–Crippen MR) is 442 cm³/mol. The van der Waals surface area contributed by atoms with Crippen LogP contribution in [-0.4, -0.2) is 231 Å². The van der Waals surface area contributed by atoms with Gasteiger partial charge in [0.15, 0.2) is 41.2 Å². The summed E-state index contributed by atoms with van der Waals surface area (Å²) in [6.07, 6.45) is -19.5. The number of hydrogen-bond donors (Lipinski definition) is 20. The Hall–Kier alpha value is -10.1. The number of aromatic hydroxyl groups is 4. The summed E-state index contributed by atoms with van der Waals surface area (Å²) in [5.41, 5.74) is 20.3. The molecule has 7 amide bonds. The van der Waals surface area contributed by atoms with Crippen LogP contribution in [0.2, 0.25) is 10.0 Å². The topological polar surface area (TPSA) is 615 Å². The van der Waals surface area contributed by atoms with Gasteiger partial charge in [-0.3, -0.25) is 43.2 Å². The fourth-order valence-electron chi connectivity index (χ4n) is 14.5. The first-order valence-corrected chi connectivity index (χ1v) is 39.1. The van der Waals surface area contributed by atoms with E-state index >= 15 is 14.4 Å². The number of carbonyl (C=O) groups excluding carboxylic acids is 9. The molecule has 0 radical (unpaired) electrons. The number of primary amides is 2. The number of aliphatic hydroxyl groups is 6. The third kappa shape index (κ3) is 23.5. The number of nitrogens with one attached hydrogen (secondary N) is 6. The lowest BCUT2D eigenvalue weighted by molar-refractivity contribution is -0.333. The van der Waals surface area contributed by atoms with Gasteiger partial charge in [-0.1, -0.05) is 55.2 Å². The maximum atomic E-state index is 16.1. The SMILES string of the molecule is CN[C@H](CC(C)C)C(=O)N[C@H]1C(=O)C[C@@H](CC(N)=O)C(=O)N[C@H]2C(=O)C[C@H]3C(=O)N[C@H](C(=O)NCc4cc(O)cc(O)c4-c4cc3ccc4O)[C@H](O)c3ccc(c(Cl)c3)Oc3cc2cc(c3OC2O[C@@H](CO)[C@@H](O)[C@H](O)[C@@H]2O[C@@H]2C[C@](C)(N)[C@H](O)[C@@H](C)O2)Oc2ccc(cc2Cl)[C@H]1O.COc1ccc(NC(=O)COCCOCCN)c(O)c1C(N)=O.Cl.Cl. The van der Waals surface area contributed by atoms with E-state index in [2.05, 4.69) is 31.9 Å². The van der Waals surface area contributed by atoms with E-state index in [1.54, 1.807) is 0 Å². The number of anilines is 1. The highest BCUT2D eigenvalue weighted by Crippen LogP contribution is 2.50. The Kier molecular flexibility index (Phi) is 34.4. The first kappa shape index (κ1) is 98.4. The summed E-state index contributed by atoms with van der Waals surface area (Å²) in [7, 11) is 2.84. The number of phenols is 4. The van der Waals surface area contributed by atoms with Crippen molar-refractivity contribution in [2.24, 2.45) is 34.8 Å². The van der Waals surface area contributed by atoms with Crippen molar-refractivity contribution in [1.29, 1.82) is 0 Å². The highest BCUT2D eigenvalue weighted by atomic mass is 35.5. The normalized spacial score (nSPS) is 25.4. The van der Waals surface area contributed by atoms with Crippen LogP contribution in [-0.2, 0) is 68.6 Å². The van der Waals surface area contributed by atoms with Crippen LogP contribution in [0.4, 0.5) is 5.69 Å². The van der Waals surface area contributed by atoms with E-state index in [0.717, 1.165) is 24.3 Å². The number of methoxy groups -OCH3 is 1. The summed E-state index contributed by atoms with van der Waals surface area (Å²) < 4.78 is 53.6. The second-order valence-electron chi connectivity index (χ2n) is 30.2. The lowest BCUT2D eigenvalue weighted by Gasteiger charge is -2.47. The second kappa shape index (κ2) is 43.0. The molecule has 6 aromatic rings. The minimum atomic E-state index is -2.12. The van der Waals surface area contributed by atoms with Crippen molar-refractivity contribution in [2.45, 2.75) is 163 Å². The van der Waals surface area contributed by atoms with E-state index in [1.807, 2.05) is 13.8 Å². The minimum absolute atomic E-state index is 0. The zero-order chi connectivity index (χ0) is 88.3. The molecular formula is C81H100Cl4N10O28. The predicted octanol–water partition coefficient (Wildman–Crippen LogP) is 2.73. The van der Waals surface area contributed by atoms with Gasteiger partial charge in [-0.15, -0.1) is 24.8 Å². The Balaban J connectivity index is 0.000000651. The highest BCUT2D eigenvalue weighted by Gasteiger charge is 2.52. The first-order valence-electron chi connectivity index (χ1n) is 38.3. The molecule has 7 aliphatic rings. The maximum absolute atomic E-state index is 16.1. The van der Waals surface area contributed by atoms with E-state index in [0.29, 0.717) is 19.8 Å². The van der Waals surface area contributed by atoms with E-state index in [9.17, 15) is 79.8 Å². The molecule has 0 aliphatic carbocycles. The number of likely N-dealkylation sites (N-methyl/N-ethyl adjacent to an activating group) is 1. The van der Waals surface area contributed by atoms with Crippen LogP contribution < -0.4 is 73.8 Å². The molecule has 1 unspecified atom stereocenters. The smallest absolute Gasteiger partial charge is 0.256 e. The number of benzene rings is 6. The molecule has 17 atom stereocenters.